The smallest absolute Gasteiger partial charge is 0.265 e. The zero-order valence-electron chi connectivity index (χ0n) is 17.6. The molecule has 2 aliphatic heterocycles. The largest absolute Gasteiger partial charge is 0.335 e. The van der Waals surface area contributed by atoms with E-state index in [9.17, 15) is 14.4 Å². The molecule has 1 aromatic heterocycles. The van der Waals surface area contributed by atoms with Crippen LogP contribution in [-0.2, 0) is 9.59 Å². The summed E-state index contributed by atoms with van der Waals surface area (Å²) >= 11 is 7.94. The van der Waals surface area contributed by atoms with Crippen LogP contribution in [0.3, 0.4) is 0 Å². The Morgan fingerprint density at radius 1 is 0.969 bits per heavy atom. The van der Waals surface area contributed by atoms with E-state index in [1.165, 1.54) is 16.2 Å². The van der Waals surface area contributed by atoms with Gasteiger partial charge in [-0.1, -0.05) is 42.0 Å². The molecule has 6 nitrogen and oxygen atoms in total. The van der Waals surface area contributed by atoms with Crippen molar-refractivity contribution >= 4 is 50.7 Å². The molecule has 2 saturated heterocycles. The second kappa shape index (κ2) is 7.68. The number of carbonyl (C=O) groups excluding carboxylic acids is 3. The number of amides is 3. The van der Waals surface area contributed by atoms with Gasteiger partial charge in [-0.25, -0.2) is 0 Å². The standard InChI is InChI=1S/C24H24ClN3O3S/c25-20-16-3-1-2-4-17(16)32-21(20)24(31)27-10-7-26(8-11-27)9-12-28-22(29)18-14-5-6-15(13-14)19(18)23(28)30/h1-6,14-15,18-19H,7-13H2/t14-,15-,18-,19+/m0/s1. The number of rotatable bonds is 4. The molecule has 4 atom stereocenters. The molecule has 166 valence electrons. The Labute approximate surface area is 195 Å². The van der Waals surface area contributed by atoms with E-state index >= 15 is 0 Å². The molecule has 3 amide bonds. The van der Waals surface area contributed by atoms with Gasteiger partial charge in [0.05, 0.1) is 16.9 Å². The fourth-order valence-corrected chi connectivity index (χ4v) is 7.38. The number of thiophene rings is 1. The highest BCUT2D eigenvalue weighted by molar-refractivity contribution is 7.21. The number of piperazine rings is 1. The second-order valence-corrected chi connectivity index (χ2v) is 10.6. The molecular weight excluding hydrogens is 446 g/mol. The molecule has 0 radical (unpaired) electrons. The van der Waals surface area contributed by atoms with Crippen LogP contribution in [0.4, 0.5) is 0 Å². The third-order valence-corrected chi connectivity index (χ3v) is 9.25. The highest BCUT2D eigenvalue weighted by atomic mass is 35.5. The third-order valence-electron chi connectivity index (χ3n) is 7.59. The minimum atomic E-state index is -0.127. The number of carbonyl (C=O) groups is 3. The maximum atomic E-state index is 13.1. The molecule has 2 aromatic rings. The van der Waals surface area contributed by atoms with Gasteiger partial charge in [-0.3, -0.25) is 24.2 Å². The number of allylic oxidation sites excluding steroid dienone is 2. The maximum absolute atomic E-state index is 13.1. The predicted molar refractivity (Wildman–Crippen MR) is 124 cm³/mol. The fraction of sp³-hybridized carbons (Fsp3) is 0.458. The van der Waals surface area contributed by atoms with Crippen LogP contribution in [0.5, 0.6) is 0 Å². The number of halogens is 1. The summed E-state index contributed by atoms with van der Waals surface area (Å²) < 4.78 is 1.02. The van der Waals surface area contributed by atoms with Crippen molar-refractivity contribution in [2.24, 2.45) is 23.7 Å². The first-order chi connectivity index (χ1) is 15.5. The van der Waals surface area contributed by atoms with Gasteiger partial charge in [0.1, 0.15) is 4.88 Å². The lowest BCUT2D eigenvalue weighted by atomic mass is 9.85. The lowest BCUT2D eigenvalue weighted by Gasteiger charge is -2.35. The van der Waals surface area contributed by atoms with E-state index in [1.54, 1.807) is 0 Å². The molecule has 2 aliphatic carbocycles. The number of likely N-dealkylation sites (tertiary alicyclic amines) is 1. The van der Waals surface area contributed by atoms with E-state index in [1.807, 2.05) is 29.2 Å². The summed E-state index contributed by atoms with van der Waals surface area (Å²) in [6.07, 6.45) is 5.21. The number of nitrogens with zero attached hydrogens (tertiary/aromatic N) is 3. The minimum absolute atomic E-state index is 0.0171. The molecular formula is C24H24ClN3O3S. The number of benzene rings is 1. The zero-order chi connectivity index (χ0) is 22.0. The summed E-state index contributed by atoms with van der Waals surface area (Å²) in [5.74, 6) is 0.270. The third kappa shape index (κ3) is 3.05. The van der Waals surface area contributed by atoms with Crippen molar-refractivity contribution in [1.82, 2.24) is 14.7 Å². The highest BCUT2D eigenvalue weighted by Crippen LogP contribution is 2.52. The average molecular weight is 470 g/mol. The molecule has 0 unspecified atom stereocenters. The quantitative estimate of drug-likeness (QED) is 0.510. The van der Waals surface area contributed by atoms with Crippen molar-refractivity contribution in [1.29, 1.82) is 0 Å². The van der Waals surface area contributed by atoms with Crippen LogP contribution in [-0.4, -0.2) is 71.7 Å². The molecule has 1 aromatic carbocycles. The van der Waals surface area contributed by atoms with Crippen molar-refractivity contribution in [3.63, 3.8) is 0 Å². The molecule has 0 N–H and O–H groups in total. The van der Waals surface area contributed by atoms with E-state index in [0.717, 1.165) is 29.6 Å². The Morgan fingerprint density at radius 3 is 2.28 bits per heavy atom. The van der Waals surface area contributed by atoms with Crippen LogP contribution < -0.4 is 0 Å². The Bertz CT molecular complexity index is 1120. The van der Waals surface area contributed by atoms with Gasteiger partial charge in [-0.05, 0) is 24.3 Å². The monoisotopic (exact) mass is 469 g/mol. The van der Waals surface area contributed by atoms with Crippen LogP contribution >= 0.6 is 22.9 Å². The Balaban J connectivity index is 1.05. The van der Waals surface area contributed by atoms with Gasteiger partial charge in [0.2, 0.25) is 11.8 Å². The molecule has 8 heteroatoms. The van der Waals surface area contributed by atoms with Gasteiger partial charge in [0.15, 0.2) is 0 Å². The van der Waals surface area contributed by atoms with Gasteiger partial charge in [-0.15, -0.1) is 11.3 Å². The number of hydrogen-bond acceptors (Lipinski definition) is 5. The summed E-state index contributed by atoms with van der Waals surface area (Å²) in [5.41, 5.74) is 0. The molecule has 6 rings (SSSR count). The van der Waals surface area contributed by atoms with Gasteiger partial charge in [0, 0.05) is 49.4 Å². The zero-order valence-corrected chi connectivity index (χ0v) is 19.1. The van der Waals surface area contributed by atoms with E-state index in [2.05, 4.69) is 17.1 Å². The highest BCUT2D eigenvalue weighted by Gasteiger charge is 2.59. The summed E-state index contributed by atoms with van der Waals surface area (Å²) in [7, 11) is 0. The lowest BCUT2D eigenvalue weighted by molar-refractivity contribution is -0.141. The molecule has 0 spiro atoms. The first-order valence-corrected chi connectivity index (χ1v) is 12.4. The predicted octanol–water partition coefficient (Wildman–Crippen LogP) is 3.12. The maximum Gasteiger partial charge on any atom is 0.265 e. The minimum Gasteiger partial charge on any atom is -0.335 e. The van der Waals surface area contributed by atoms with Crippen molar-refractivity contribution in [3.05, 3.63) is 46.3 Å². The molecule has 3 heterocycles. The van der Waals surface area contributed by atoms with Crippen molar-refractivity contribution < 1.29 is 14.4 Å². The van der Waals surface area contributed by atoms with Crippen LogP contribution in [0, 0.1) is 23.7 Å². The Kier molecular flexibility index (Phi) is 4.89. The summed E-state index contributed by atoms with van der Waals surface area (Å²) in [6, 6.07) is 7.81. The van der Waals surface area contributed by atoms with Gasteiger partial charge >= 0.3 is 0 Å². The molecule has 32 heavy (non-hydrogen) atoms. The summed E-state index contributed by atoms with van der Waals surface area (Å²) in [6.45, 7) is 3.79. The topological polar surface area (TPSA) is 60.9 Å². The first kappa shape index (κ1) is 20.4. The van der Waals surface area contributed by atoms with E-state index in [4.69, 9.17) is 11.6 Å². The van der Waals surface area contributed by atoms with Crippen molar-refractivity contribution in [2.75, 3.05) is 39.3 Å². The normalized spacial score (nSPS) is 29.5. The Hall–Kier alpha value is -2.22. The summed E-state index contributed by atoms with van der Waals surface area (Å²) in [5, 5.41) is 1.47. The number of fused-ring (bicyclic) bond motifs is 6. The number of imide groups is 1. The van der Waals surface area contributed by atoms with E-state index < -0.39 is 0 Å². The molecule has 4 aliphatic rings. The van der Waals surface area contributed by atoms with E-state index in [-0.39, 0.29) is 41.4 Å². The van der Waals surface area contributed by atoms with Crippen molar-refractivity contribution in [2.45, 2.75) is 6.42 Å². The Morgan fingerprint density at radius 2 is 1.62 bits per heavy atom. The van der Waals surface area contributed by atoms with Crippen LogP contribution in [0.15, 0.2) is 36.4 Å². The second-order valence-electron chi connectivity index (χ2n) is 9.20. The summed E-state index contributed by atoms with van der Waals surface area (Å²) in [4.78, 5) is 44.9. The fourth-order valence-electron chi connectivity index (χ4n) is 5.90. The van der Waals surface area contributed by atoms with Gasteiger partial charge in [-0.2, -0.15) is 0 Å². The molecule has 3 fully saturated rings. The van der Waals surface area contributed by atoms with Gasteiger partial charge < -0.3 is 4.90 Å². The number of hydrogen-bond donors (Lipinski definition) is 0. The first-order valence-electron chi connectivity index (χ1n) is 11.2. The van der Waals surface area contributed by atoms with E-state index in [0.29, 0.717) is 36.1 Å². The van der Waals surface area contributed by atoms with Gasteiger partial charge in [0.25, 0.3) is 5.91 Å². The van der Waals surface area contributed by atoms with Crippen LogP contribution in [0.1, 0.15) is 16.1 Å². The lowest BCUT2D eigenvalue weighted by Crippen LogP contribution is -2.50. The molecule has 1 saturated carbocycles. The SMILES string of the molecule is O=C(c1sc2ccccc2c1Cl)N1CCN(CCN2C(=O)[C@@H]3[C@H](C2=O)[C@H]2C=C[C@H]3C2)CC1. The molecule has 2 bridgehead atoms. The van der Waals surface area contributed by atoms with Crippen LogP contribution in [0.25, 0.3) is 10.1 Å². The average Bonchev–Trinajstić information content (AvgIpc) is 3.56. The van der Waals surface area contributed by atoms with Crippen molar-refractivity contribution in [3.8, 4) is 0 Å². The van der Waals surface area contributed by atoms with Crippen LogP contribution in [0.2, 0.25) is 5.02 Å².